The summed E-state index contributed by atoms with van der Waals surface area (Å²) in [6, 6.07) is 0. The van der Waals surface area contributed by atoms with E-state index in [1.54, 1.807) is 6.21 Å². The third-order valence-corrected chi connectivity index (χ3v) is 3.22. The predicted octanol–water partition coefficient (Wildman–Crippen LogP) is 1.56. The number of hydrogen-bond donors (Lipinski definition) is 0. The van der Waals surface area contributed by atoms with Crippen LogP contribution in [0, 0.1) is 5.92 Å². The fourth-order valence-corrected chi connectivity index (χ4v) is 1.57. The summed E-state index contributed by atoms with van der Waals surface area (Å²) >= 11 is 0. The van der Waals surface area contributed by atoms with Gasteiger partial charge in [-0.15, -0.1) is 0 Å². The molecule has 0 saturated carbocycles. The molecule has 4 heteroatoms. The number of rotatable bonds is 2. The molecule has 0 spiro atoms. The smallest absolute Gasteiger partial charge is 0.144 e. The standard InChI is InChI=1S/C9H17NO2S/c1-9(2,3)13(11)10-6-8-4-5-12-7-8/h6,8H,4-5,7H2,1-3H3/b10-6+/t8?,13-/m1/s1. The Balaban J connectivity index is 2.43. The Hall–Kier alpha value is -0.220. The molecule has 0 aromatic heterocycles. The Labute approximate surface area is 82.2 Å². The predicted molar refractivity (Wildman–Crippen MR) is 55.3 cm³/mol. The van der Waals surface area contributed by atoms with Crippen molar-refractivity contribution in [2.24, 2.45) is 10.3 Å². The van der Waals surface area contributed by atoms with Crippen LogP contribution >= 0.6 is 0 Å². The highest BCUT2D eigenvalue weighted by atomic mass is 32.2. The van der Waals surface area contributed by atoms with Gasteiger partial charge in [0.25, 0.3) is 0 Å². The first-order valence-corrected chi connectivity index (χ1v) is 5.65. The van der Waals surface area contributed by atoms with E-state index < -0.39 is 11.0 Å². The number of hydrogen-bond acceptors (Lipinski definition) is 2. The second kappa shape index (κ2) is 4.33. The van der Waals surface area contributed by atoms with Crippen molar-refractivity contribution in [2.75, 3.05) is 13.2 Å². The molecule has 1 rings (SSSR count). The van der Waals surface area contributed by atoms with Crippen LogP contribution in [0.15, 0.2) is 4.40 Å². The molecule has 1 saturated heterocycles. The molecule has 0 aliphatic carbocycles. The molecule has 1 unspecified atom stereocenters. The lowest BCUT2D eigenvalue weighted by Crippen LogP contribution is -2.20. The molecule has 1 heterocycles. The molecule has 13 heavy (non-hydrogen) atoms. The highest BCUT2D eigenvalue weighted by Gasteiger charge is 2.19. The highest BCUT2D eigenvalue weighted by molar-refractivity contribution is 7.85. The van der Waals surface area contributed by atoms with Gasteiger partial charge in [0.15, 0.2) is 0 Å². The van der Waals surface area contributed by atoms with Crippen LogP contribution in [0.2, 0.25) is 0 Å². The van der Waals surface area contributed by atoms with Gasteiger partial charge in [-0.1, -0.05) is 0 Å². The van der Waals surface area contributed by atoms with Crippen LogP contribution in [0.25, 0.3) is 0 Å². The Kier molecular flexibility index (Phi) is 3.62. The van der Waals surface area contributed by atoms with Gasteiger partial charge in [0.2, 0.25) is 0 Å². The Morgan fingerprint density at radius 2 is 2.23 bits per heavy atom. The molecule has 1 aliphatic heterocycles. The topological polar surface area (TPSA) is 38.7 Å². The van der Waals surface area contributed by atoms with Crippen LogP contribution in [-0.4, -0.2) is 28.4 Å². The molecule has 1 fully saturated rings. The van der Waals surface area contributed by atoms with E-state index in [0.717, 1.165) is 19.6 Å². The zero-order chi connectivity index (χ0) is 9.90. The monoisotopic (exact) mass is 203 g/mol. The molecule has 76 valence electrons. The van der Waals surface area contributed by atoms with Gasteiger partial charge in [0.1, 0.15) is 11.0 Å². The summed E-state index contributed by atoms with van der Waals surface area (Å²) in [5.41, 5.74) is 0. The summed E-state index contributed by atoms with van der Waals surface area (Å²) in [4.78, 5) is 0. The summed E-state index contributed by atoms with van der Waals surface area (Å²) in [5, 5.41) is 0. The molecule has 1 aliphatic rings. The van der Waals surface area contributed by atoms with E-state index in [2.05, 4.69) is 4.40 Å². The number of nitrogens with zero attached hydrogens (tertiary/aromatic N) is 1. The fourth-order valence-electron chi connectivity index (χ4n) is 0.970. The minimum absolute atomic E-state index is 0.254. The largest absolute Gasteiger partial charge is 0.381 e. The van der Waals surface area contributed by atoms with Gasteiger partial charge in [-0.3, -0.25) is 0 Å². The van der Waals surface area contributed by atoms with Gasteiger partial charge in [0, 0.05) is 18.7 Å². The minimum Gasteiger partial charge on any atom is -0.381 e. The summed E-state index contributed by atoms with van der Waals surface area (Å²) in [7, 11) is -1.12. The normalized spacial score (nSPS) is 26.8. The van der Waals surface area contributed by atoms with Gasteiger partial charge >= 0.3 is 0 Å². The van der Waals surface area contributed by atoms with Crippen LogP contribution in [-0.2, 0) is 15.7 Å². The summed E-state index contributed by atoms with van der Waals surface area (Å²) in [5.74, 6) is 0.367. The van der Waals surface area contributed by atoms with Crippen LogP contribution in [0.5, 0.6) is 0 Å². The van der Waals surface area contributed by atoms with Crippen molar-refractivity contribution in [3.05, 3.63) is 0 Å². The third-order valence-electron chi connectivity index (χ3n) is 1.86. The quantitative estimate of drug-likeness (QED) is 0.639. The molecule has 0 aromatic carbocycles. The van der Waals surface area contributed by atoms with Crippen molar-refractivity contribution in [3.63, 3.8) is 0 Å². The lowest BCUT2D eigenvalue weighted by Gasteiger charge is -2.13. The molecule has 0 aromatic rings. The van der Waals surface area contributed by atoms with Crippen molar-refractivity contribution in [1.29, 1.82) is 0 Å². The van der Waals surface area contributed by atoms with Crippen LogP contribution in [0.4, 0.5) is 0 Å². The van der Waals surface area contributed by atoms with Crippen molar-refractivity contribution in [2.45, 2.75) is 31.9 Å². The van der Waals surface area contributed by atoms with Gasteiger partial charge in [-0.25, -0.2) is 4.21 Å². The summed E-state index contributed by atoms with van der Waals surface area (Å²) < 4.78 is 20.5. The fraction of sp³-hybridized carbons (Fsp3) is 0.889. The second-order valence-corrected chi connectivity index (χ2v) is 6.17. The first-order valence-electron chi connectivity index (χ1n) is 4.54. The molecular formula is C9H17NO2S. The number of ether oxygens (including phenoxy) is 1. The SMILES string of the molecule is CC(C)(C)[S@@](=O)/N=C/C1CCOC1. The van der Waals surface area contributed by atoms with Crippen molar-refractivity contribution in [3.8, 4) is 0 Å². The van der Waals surface area contributed by atoms with E-state index in [1.807, 2.05) is 20.8 Å². The molecule has 2 atom stereocenters. The van der Waals surface area contributed by atoms with Crippen LogP contribution in [0.3, 0.4) is 0 Å². The van der Waals surface area contributed by atoms with Gasteiger partial charge in [0.05, 0.1) is 11.4 Å². The molecular weight excluding hydrogens is 186 g/mol. The molecule has 0 radical (unpaired) electrons. The summed E-state index contributed by atoms with van der Waals surface area (Å²) in [6.45, 7) is 7.30. The van der Waals surface area contributed by atoms with E-state index in [1.165, 1.54) is 0 Å². The van der Waals surface area contributed by atoms with Crippen molar-refractivity contribution >= 4 is 17.2 Å². The zero-order valence-electron chi connectivity index (χ0n) is 8.45. The van der Waals surface area contributed by atoms with Gasteiger partial charge in [-0.2, -0.15) is 4.40 Å². The highest BCUT2D eigenvalue weighted by Crippen LogP contribution is 2.14. The first-order chi connectivity index (χ1) is 6.00. The second-order valence-electron chi connectivity index (χ2n) is 4.24. The van der Waals surface area contributed by atoms with Gasteiger partial charge in [-0.05, 0) is 27.2 Å². The van der Waals surface area contributed by atoms with Crippen LogP contribution < -0.4 is 0 Å². The van der Waals surface area contributed by atoms with Crippen LogP contribution in [0.1, 0.15) is 27.2 Å². The molecule has 0 bridgehead atoms. The Bertz CT molecular complexity index is 214. The molecule has 0 N–H and O–H groups in total. The maximum absolute atomic E-state index is 11.5. The average Bonchev–Trinajstić information content (AvgIpc) is 2.50. The average molecular weight is 203 g/mol. The Morgan fingerprint density at radius 1 is 1.54 bits per heavy atom. The minimum atomic E-state index is -1.12. The van der Waals surface area contributed by atoms with Gasteiger partial charge < -0.3 is 4.74 Å². The molecule has 3 nitrogen and oxygen atoms in total. The van der Waals surface area contributed by atoms with E-state index in [9.17, 15) is 4.21 Å². The lowest BCUT2D eigenvalue weighted by molar-refractivity contribution is 0.193. The maximum Gasteiger partial charge on any atom is 0.144 e. The van der Waals surface area contributed by atoms with E-state index in [0.29, 0.717) is 5.92 Å². The Morgan fingerprint density at radius 3 is 2.69 bits per heavy atom. The lowest BCUT2D eigenvalue weighted by atomic mass is 10.1. The van der Waals surface area contributed by atoms with E-state index >= 15 is 0 Å². The maximum atomic E-state index is 11.5. The van der Waals surface area contributed by atoms with Crippen molar-refractivity contribution in [1.82, 2.24) is 0 Å². The zero-order valence-corrected chi connectivity index (χ0v) is 9.26. The van der Waals surface area contributed by atoms with Crippen molar-refractivity contribution < 1.29 is 8.95 Å². The summed E-state index contributed by atoms with van der Waals surface area (Å²) in [6.07, 6.45) is 2.79. The molecule has 0 amide bonds. The van der Waals surface area contributed by atoms with E-state index in [-0.39, 0.29) is 4.75 Å². The first kappa shape index (κ1) is 10.9. The third kappa shape index (κ3) is 3.56. The van der Waals surface area contributed by atoms with E-state index in [4.69, 9.17) is 4.74 Å².